The molecule has 2 amide bonds. The SMILES string of the molecule is CC(Br)c1cc(C(=O)N(C)C)cc2c(=O)cc(N3CCO[C@H](C)C3)oc12.CC(Nc1cc(F)cc(F)c1)c1cc(C(=O)N(C)C)cc2c(=O)cc(N3CCO[C@H](C)C3)oc12. The van der Waals surface area contributed by atoms with Crippen LogP contribution in [0.4, 0.5) is 26.2 Å². The summed E-state index contributed by atoms with van der Waals surface area (Å²) in [4.78, 5) is 57.8. The van der Waals surface area contributed by atoms with Gasteiger partial charge in [-0.1, -0.05) is 15.9 Å². The Morgan fingerprint density at radius 1 is 0.700 bits per heavy atom. The van der Waals surface area contributed by atoms with E-state index in [1.807, 2.05) is 30.6 Å². The van der Waals surface area contributed by atoms with Gasteiger partial charge in [-0.2, -0.15) is 0 Å². The second kappa shape index (κ2) is 18.5. The number of amides is 2. The smallest absolute Gasteiger partial charge is 0.253 e. The molecule has 60 heavy (non-hydrogen) atoms. The summed E-state index contributed by atoms with van der Waals surface area (Å²) in [5.74, 6) is -0.912. The molecule has 5 aromatic rings. The molecular weight excluding hydrogens is 844 g/mol. The Hall–Kier alpha value is -5.32. The lowest BCUT2D eigenvalue weighted by atomic mass is 9.99. The van der Waals surface area contributed by atoms with Crippen molar-refractivity contribution in [1.29, 1.82) is 0 Å². The molecule has 320 valence electrons. The van der Waals surface area contributed by atoms with Crippen molar-refractivity contribution in [2.45, 2.75) is 50.8 Å². The van der Waals surface area contributed by atoms with E-state index in [-0.39, 0.29) is 50.8 Å². The summed E-state index contributed by atoms with van der Waals surface area (Å²) in [6.45, 7) is 11.2. The van der Waals surface area contributed by atoms with Crippen molar-refractivity contribution in [3.8, 4) is 0 Å². The van der Waals surface area contributed by atoms with E-state index in [9.17, 15) is 28.0 Å². The fourth-order valence-electron chi connectivity index (χ4n) is 7.24. The number of fused-ring (bicyclic) bond motifs is 2. The van der Waals surface area contributed by atoms with E-state index < -0.39 is 17.7 Å². The second-order valence-electron chi connectivity index (χ2n) is 15.6. The molecule has 2 aliphatic rings. The van der Waals surface area contributed by atoms with Gasteiger partial charge >= 0.3 is 0 Å². The van der Waals surface area contributed by atoms with Crippen LogP contribution in [0, 0.1) is 11.6 Å². The highest BCUT2D eigenvalue weighted by Gasteiger charge is 2.25. The minimum Gasteiger partial charge on any atom is -0.440 e. The van der Waals surface area contributed by atoms with Gasteiger partial charge in [0, 0.05) is 105 Å². The lowest BCUT2D eigenvalue weighted by Crippen LogP contribution is -2.41. The van der Waals surface area contributed by atoms with Gasteiger partial charge in [-0.25, -0.2) is 8.78 Å². The first-order valence-electron chi connectivity index (χ1n) is 19.7. The number of anilines is 3. The molecule has 2 unspecified atom stereocenters. The highest BCUT2D eigenvalue weighted by molar-refractivity contribution is 9.09. The maximum absolute atomic E-state index is 13.7. The second-order valence-corrected chi connectivity index (χ2v) is 16.9. The molecule has 0 aliphatic carbocycles. The van der Waals surface area contributed by atoms with Crippen LogP contribution in [0.1, 0.15) is 70.4 Å². The third kappa shape index (κ3) is 9.99. The number of rotatable bonds is 8. The predicted molar refractivity (Wildman–Crippen MR) is 232 cm³/mol. The number of halogens is 3. The average molecular weight is 895 g/mol. The van der Waals surface area contributed by atoms with Gasteiger partial charge in [0.2, 0.25) is 0 Å². The molecule has 4 heterocycles. The van der Waals surface area contributed by atoms with Crippen LogP contribution in [0.25, 0.3) is 21.9 Å². The zero-order chi connectivity index (χ0) is 43.6. The van der Waals surface area contributed by atoms with Crippen LogP contribution in [0.2, 0.25) is 0 Å². The topological polar surface area (TPSA) is 138 Å². The molecule has 13 nitrogen and oxygen atoms in total. The van der Waals surface area contributed by atoms with E-state index in [0.29, 0.717) is 84.4 Å². The molecule has 7 rings (SSSR count). The maximum atomic E-state index is 13.7. The predicted octanol–water partition coefficient (Wildman–Crippen LogP) is 7.35. The summed E-state index contributed by atoms with van der Waals surface area (Å²) in [7, 11) is 6.62. The first-order valence-corrected chi connectivity index (χ1v) is 20.6. The van der Waals surface area contributed by atoms with Crippen LogP contribution >= 0.6 is 15.9 Å². The number of morpholine rings is 2. The highest BCUT2D eigenvalue weighted by Crippen LogP contribution is 2.34. The summed E-state index contributed by atoms with van der Waals surface area (Å²) in [5.41, 5.74) is 2.72. The van der Waals surface area contributed by atoms with E-state index in [4.69, 9.17) is 18.3 Å². The van der Waals surface area contributed by atoms with Gasteiger partial charge in [0.05, 0.1) is 42.2 Å². The lowest BCUT2D eigenvalue weighted by Gasteiger charge is -2.31. The number of ether oxygens (including phenoxy) is 2. The number of hydrogen-bond donors (Lipinski definition) is 1. The van der Waals surface area contributed by atoms with Crippen molar-refractivity contribution in [1.82, 2.24) is 9.80 Å². The van der Waals surface area contributed by atoms with E-state index in [2.05, 4.69) is 21.2 Å². The monoisotopic (exact) mass is 893 g/mol. The molecule has 0 spiro atoms. The van der Waals surface area contributed by atoms with Crippen molar-refractivity contribution in [2.24, 2.45) is 0 Å². The Labute approximate surface area is 354 Å². The van der Waals surface area contributed by atoms with Gasteiger partial charge in [0.25, 0.3) is 11.8 Å². The van der Waals surface area contributed by atoms with Crippen LogP contribution in [0.5, 0.6) is 0 Å². The quantitative estimate of drug-likeness (QED) is 0.157. The summed E-state index contributed by atoms with van der Waals surface area (Å²) >= 11 is 3.56. The van der Waals surface area contributed by atoms with E-state index >= 15 is 0 Å². The van der Waals surface area contributed by atoms with E-state index in [1.165, 1.54) is 40.1 Å². The molecule has 2 saturated heterocycles. The summed E-state index contributed by atoms with van der Waals surface area (Å²) < 4.78 is 51.0. The number of hydrogen-bond acceptors (Lipinski definition) is 11. The van der Waals surface area contributed by atoms with Crippen LogP contribution in [0.15, 0.2) is 73.0 Å². The fraction of sp³-hybridized carbons (Fsp3) is 0.409. The molecule has 0 saturated carbocycles. The van der Waals surface area contributed by atoms with Crippen LogP contribution < -0.4 is 26.0 Å². The standard InChI is InChI=1S/C25H27F2N3O4.C19H23BrN2O4/c1-14-13-30(5-6-33-14)23-12-22(31)21-8-16(25(32)29(3)4)7-20(24(21)34-23)15(2)28-19-10-17(26)9-18(27)11-19;1-11-10-22(5-6-25-11)17-9-16(23)15-8-13(19(24)21(3)4)7-14(12(2)20)18(15)26-17/h7-12,14-15,28H,5-6,13H2,1-4H3;7-9,11-12H,5-6,10H2,1-4H3/t14-,15?;11-,12?/m11/s1. The Morgan fingerprint density at radius 3 is 1.55 bits per heavy atom. The van der Waals surface area contributed by atoms with Crippen molar-refractivity contribution in [2.75, 3.05) is 82.7 Å². The third-order valence-corrected chi connectivity index (χ3v) is 10.7. The van der Waals surface area contributed by atoms with Crippen molar-refractivity contribution in [3.05, 3.63) is 109 Å². The Balaban J connectivity index is 0.000000209. The summed E-state index contributed by atoms with van der Waals surface area (Å²) in [5, 5.41) is 3.73. The zero-order valence-electron chi connectivity index (χ0n) is 34.9. The molecule has 2 aromatic heterocycles. The van der Waals surface area contributed by atoms with Crippen LogP contribution in [-0.4, -0.2) is 101 Å². The molecule has 16 heteroatoms. The number of nitrogens with zero attached hydrogens (tertiary/aromatic N) is 4. The van der Waals surface area contributed by atoms with Gasteiger partial charge in [-0.15, -0.1) is 0 Å². The average Bonchev–Trinajstić information content (AvgIpc) is 3.19. The Kier molecular flexibility index (Phi) is 13.7. The largest absolute Gasteiger partial charge is 0.440 e. The Morgan fingerprint density at radius 2 is 1.13 bits per heavy atom. The maximum Gasteiger partial charge on any atom is 0.253 e. The molecule has 3 aromatic carbocycles. The van der Waals surface area contributed by atoms with Crippen molar-refractivity contribution >= 4 is 67.1 Å². The lowest BCUT2D eigenvalue weighted by molar-refractivity contribution is 0.0516. The van der Waals surface area contributed by atoms with Gasteiger partial charge in [0.1, 0.15) is 22.8 Å². The minimum absolute atomic E-state index is 0.0160. The number of alkyl halides is 1. The highest BCUT2D eigenvalue weighted by atomic mass is 79.9. The molecule has 4 atom stereocenters. The Bertz CT molecular complexity index is 2510. The summed E-state index contributed by atoms with van der Waals surface area (Å²) in [6, 6.07) is 12.1. The molecule has 2 aliphatic heterocycles. The van der Waals surface area contributed by atoms with Crippen molar-refractivity contribution < 1.29 is 36.7 Å². The molecule has 2 fully saturated rings. The van der Waals surface area contributed by atoms with E-state index in [1.54, 1.807) is 53.3 Å². The van der Waals surface area contributed by atoms with E-state index in [0.717, 1.165) is 11.6 Å². The van der Waals surface area contributed by atoms with Crippen molar-refractivity contribution in [3.63, 3.8) is 0 Å². The number of nitrogens with one attached hydrogen (secondary N) is 1. The first-order chi connectivity index (χ1) is 28.4. The molecular formula is C44H50BrF2N5O8. The van der Waals surface area contributed by atoms with Crippen LogP contribution in [-0.2, 0) is 9.47 Å². The van der Waals surface area contributed by atoms with Gasteiger partial charge in [-0.05, 0) is 64.1 Å². The summed E-state index contributed by atoms with van der Waals surface area (Å²) in [6.07, 6.45) is 0.0668. The zero-order valence-corrected chi connectivity index (χ0v) is 36.5. The first kappa shape index (κ1) is 44.2. The minimum atomic E-state index is -0.716. The normalized spacial score (nSPS) is 17.8. The molecule has 1 N–H and O–H groups in total. The number of benzene rings is 3. The van der Waals surface area contributed by atoms with Gasteiger partial charge in [-0.3, -0.25) is 19.2 Å². The van der Waals surface area contributed by atoms with Gasteiger partial charge in [0.15, 0.2) is 22.6 Å². The fourth-order valence-corrected chi connectivity index (χ4v) is 7.58. The number of carbonyl (C=O) groups is 2. The molecule has 0 radical (unpaired) electrons. The third-order valence-electron chi connectivity index (χ3n) is 10.2. The van der Waals surface area contributed by atoms with Gasteiger partial charge < -0.3 is 43.2 Å². The van der Waals surface area contributed by atoms with Crippen LogP contribution in [0.3, 0.4) is 0 Å². The number of carbonyl (C=O) groups excluding carboxylic acids is 2. The molecule has 0 bridgehead atoms.